The molecule has 3 nitrogen and oxygen atoms in total. The summed E-state index contributed by atoms with van der Waals surface area (Å²) in [5.41, 5.74) is 14.6. The fraction of sp³-hybridized carbons (Fsp3) is 0.0800. The lowest BCUT2D eigenvalue weighted by Gasteiger charge is -2.17. The van der Waals surface area contributed by atoms with Crippen molar-refractivity contribution in [3.63, 3.8) is 0 Å². The van der Waals surface area contributed by atoms with Crippen molar-refractivity contribution in [2.75, 3.05) is 0 Å². The van der Waals surface area contributed by atoms with E-state index in [0.717, 1.165) is 36.8 Å². The molecule has 5 heteroatoms. The van der Waals surface area contributed by atoms with Gasteiger partial charge < -0.3 is 5.43 Å². The number of halogens is 2. The number of aryl methyl sites for hydroxylation is 1. The molecular formula is C25H19Br2N3. The SMILES string of the molecule is Cc1nc2ccc(Br)cc2c(-c2ccccc2)c1C1=C[C@H](c2ccc(Br)cc2)NN1. The number of hydrogen-bond donors (Lipinski definition) is 2. The van der Waals surface area contributed by atoms with Crippen LogP contribution in [-0.4, -0.2) is 4.98 Å². The zero-order chi connectivity index (χ0) is 20.7. The molecule has 0 amide bonds. The molecule has 1 atom stereocenters. The molecule has 4 aromatic rings. The highest BCUT2D eigenvalue weighted by atomic mass is 79.9. The molecule has 0 aliphatic carbocycles. The molecule has 0 saturated heterocycles. The van der Waals surface area contributed by atoms with Crippen LogP contribution in [0.3, 0.4) is 0 Å². The number of hydrogen-bond acceptors (Lipinski definition) is 3. The smallest absolute Gasteiger partial charge is 0.0714 e. The largest absolute Gasteiger partial charge is 0.320 e. The Labute approximate surface area is 192 Å². The lowest BCUT2D eigenvalue weighted by Crippen LogP contribution is -2.26. The van der Waals surface area contributed by atoms with Crippen molar-refractivity contribution in [3.05, 3.63) is 105 Å². The maximum atomic E-state index is 4.92. The number of nitrogens with one attached hydrogen (secondary N) is 2. The Morgan fingerprint density at radius 1 is 0.833 bits per heavy atom. The van der Waals surface area contributed by atoms with Crippen LogP contribution < -0.4 is 10.9 Å². The van der Waals surface area contributed by atoms with Crippen LogP contribution >= 0.6 is 31.9 Å². The average molecular weight is 521 g/mol. The highest BCUT2D eigenvalue weighted by molar-refractivity contribution is 9.10. The van der Waals surface area contributed by atoms with Gasteiger partial charge in [0.1, 0.15) is 0 Å². The normalized spacial score (nSPS) is 15.8. The Bertz CT molecular complexity index is 1270. The van der Waals surface area contributed by atoms with Gasteiger partial charge in [-0.05, 0) is 54.5 Å². The van der Waals surface area contributed by atoms with Crippen LogP contribution in [-0.2, 0) is 0 Å². The van der Waals surface area contributed by atoms with E-state index in [-0.39, 0.29) is 6.04 Å². The topological polar surface area (TPSA) is 37.0 Å². The standard InChI is InChI=1S/C25H19Br2N3/c1-15-24(23-14-22(29-30-23)16-7-9-18(26)10-8-16)25(17-5-3-2-4-6-17)20-13-19(27)11-12-21(20)28-15/h2-14,22,29-30H,1H3/t22-/m1/s1. The molecule has 0 saturated carbocycles. The first-order valence-corrected chi connectivity index (χ1v) is 11.3. The number of pyridine rings is 1. The monoisotopic (exact) mass is 519 g/mol. The fourth-order valence-electron chi connectivity index (χ4n) is 3.99. The van der Waals surface area contributed by atoms with Gasteiger partial charge in [-0.25, -0.2) is 5.43 Å². The summed E-state index contributed by atoms with van der Waals surface area (Å²) in [6.07, 6.45) is 2.24. The van der Waals surface area contributed by atoms with Crippen molar-refractivity contribution in [3.8, 4) is 11.1 Å². The molecule has 2 heterocycles. The molecule has 1 aliphatic heterocycles. The quantitative estimate of drug-likeness (QED) is 0.307. The summed E-state index contributed by atoms with van der Waals surface area (Å²) in [5.74, 6) is 0. The number of hydrazine groups is 1. The summed E-state index contributed by atoms with van der Waals surface area (Å²) in [7, 11) is 0. The van der Waals surface area contributed by atoms with Gasteiger partial charge in [-0.3, -0.25) is 4.98 Å². The van der Waals surface area contributed by atoms with E-state index in [0.29, 0.717) is 0 Å². The lowest BCUT2D eigenvalue weighted by molar-refractivity contribution is 0.616. The first-order valence-electron chi connectivity index (χ1n) is 9.74. The second-order valence-corrected chi connectivity index (χ2v) is 9.18. The third kappa shape index (κ3) is 3.58. The van der Waals surface area contributed by atoms with Gasteiger partial charge in [0.05, 0.1) is 17.3 Å². The molecule has 0 fully saturated rings. The molecule has 1 aliphatic rings. The maximum Gasteiger partial charge on any atom is 0.0714 e. The maximum absolute atomic E-state index is 4.92. The van der Waals surface area contributed by atoms with Crippen LogP contribution in [0.1, 0.15) is 22.9 Å². The van der Waals surface area contributed by atoms with Crippen molar-refractivity contribution >= 4 is 48.5 Å². The van der Waals surface area contributed by atoms with Crippen LogP contribution in [0.5, 0.6) is 0 Å². The van der Waals surface area contributed by atoms with Gasteiger partial charge in [-0.1, -0.05) is 74.3 Å². The first-order chi connectivity index (χ1) is 14.6. The zero-order valence-corrected chi connectivity index (χ0v) is 19.5. The Balaban J connectivity index is 1.72. The number of aromatic nitrogens is 1. The predicted octanol–water partition coefficient (Wildman–Crippen LogP) is 6.93. The fourth-order valence-corrected chi connectivity index (χ4v) is 4.62. The molecule has 1 aromatic heterocycles. The second-order valence-electron chi connectivity index (χ2n) is 7.35. The van der Waals surface area contributed by atoms with Gasteiger partial charge in [-0.2, -0.15) is 0 Å². The minimum absolute atomic E-state index is 0.0920. The minimum Gasteiger partial charge on any atom is -0.320 e. The third-order valence-electron chi connectivity index (χ3n) is 5.38. The van der Waals surface area contributed by atoms with E-state index in [1.807, 2.05) is 12.1 Å². The van der Waals surface area contributed by atoms with Gasteiger partial charge in [0.15, 0.2) is 0 Å². The highest BCUT2D eigenvalue weighted by Gasteiger charge is 2.23. The average Bonchev–Trinajstić information content (AvgIpc) is 3.24. The van der Waals surface area contributed by atoms with E-state index in [2.05, 4.69) is 116 Å². The number of nitrogens with zero attached hydrogens (tertiary/aromatic N) is 1. The van der Waals surface area contributed by atoms with Crippen molar-refractivity contribution < 1.29 is 0 Å². The molecule has 5 rings (SSSR count). The molecule has 0 spiro atoms. The number of benzene rings is 3. The Morgan fingerprint density at radius 2 is 1.57 bits per heavy atom. The van der Waals surface area contributed by atoms with E-state index < -0.39 is 0 Å². The molecule has 0 unspecified atom stereocenters. The highest BCUT2D eigenvalue weighted by Crippen LogP contribution is 2.38. The van der Waals surface area contributed by atoms with Crippen LogP contribution in [0, 0.1) is 6.92 Å². The van der Waals surface area contributed by atoms with Crippen molar-refractivity contribution in [2.24, 2.45) is 0 Å². The molecule has 30 heavy (non-hydrogen) atoms. The number of fused-ring (bicyclic) bond motifs is 1. The third-order valence-corrected chi connectivity index (χ3v) is 6.41. The van der Waals surface area contributed by atoms with Gasteiger partial charge in [-0.15, -0.1) is 0 Å². The van der Waals surface area contributed by atoms with E-state index in [1.165, 1.54) is 16.7 Å². The first kappa shape index (κ1) is 19.5. The predicted molar refractivity (Wildman–Crippen MR) is 131 cm³/mol. The van der Waals surface area contributed by atoms with Crippen molar-refractivity contribution in [1.29, 1.82) is 0 Å². The van der Waals surface area contributed by atoms with Crippen LogP contribution in [0.25, 0.3) is 27.7 Å². The summed E-state index contributed by atoms with van der Waals surface area (Å²) in [6, 6.07) is 25.3. The lowest BCUT2D eigenvalue weighted by atomic mass is 9.92. The summed E-state index contributed by atoms with van der Waals surface area (Å²) < 4.78 is 2.12. The Kier molecular flexibility index (Phi) is 5.19. The molecule has 0 bridgehead atoms. The summed E-state index contributed by atoms with van der Waals surface area (Å²) >= 11 is 7.15. The van der Waals surface area contributed by atoms with Gasteiger partial charge >= 0.3 is 0 Å². The van der Waals surface area contributed by atoms with Crippen LogP contribution in [0.15, 0.2) is 87.8 Å². The Hall–Kier alpha value is -2.47. The zero-order valence-electron chi connectivity index (χ0n) is 16.3. The van der Waals surface area contributed by atoms with E-state index in [1.54, 1.807) is 0 Å². The van der Waals surface area contributed by atoms with Crippen molar-refractivity contribution in [1.82, 2.24) is 15.8 Å². The van der Waals surface area contributed by atoms with Crippen LogP contribution in [0.4, 0.5) is 0 Å². The minimum atomic E-state index is 0.0920. The van der Waals surface area contributed by atoms with Crippen molar-refractivity contribution in [2.45, 2.75) is 13.0 Å². The van der Waals surface area contributed by atoms with E-state index >= 15 is 0 Å². The van der Waals surface area contributed by atoms with Gasteiger partial charge in [0, 0.05) is 31.2 Å². The van der Waals surface area contributed by atoms with Crippen LogP contribution in [0.2, 0.25) is 0 Å². The Morgan fingerprint density at radius 3 is 2.33 bits per heavy atom. The molecular weight excluding hydrogens is 502 g/mol. The molecule has 148 valence electrons. The second kappa shape index (κ2) is 7.99. The molecule has 0 radical (unpaired) electrons. The summed E-state index contributed by atoms with van der Waals surface area (Å²) in [5, 5.41) is 1.13. The summed E-state index contributed by atoms with van der Waals surface area (Å²) in [6.45, 7) is 2.08. The number of rotatable bonds is 3. The van der Waals surface area contributed by atoms with Gasteiger partial charge in [0.25, 0.3) is 0 Å². The summed E-state index contributed by atoms with van der Waals surface area (Å²) in [4.78, 5) is 4.92. The van der Waals surface area contributed by atoms with E-state index in [9.17, 15) is 0 Å². The van der Waals surface area contributed by atoms with E-state index in [4.69, 9.17) is 4.98 Å². The molecule has 2 N–H and O–H groups in total. The molecule has 3 aromatic carbocycles. The van der Waals surface area contributed by atoms with Gasteiger partial charge in [0.2, 0.25) is 0 Å².